The van der Waals surface area contributed by atoms with Crippen LogP contribution in [0.1, 0.15) is 91.4 Å². The van der Waals surface area contributed by atoms with Gasteiger partial charge in [-0.2, -0.15) is 0 Å². The summed E-state index contributed by atoms with van der Waals surface area (Å²) >= 11 is 6.10. The second kappa shape index (κ2) is 21.9. The van der Waals surface area contributed by atoms with Gasteiger partial charge in [0.1, 0.15) is 18.2 Å². The quantitative estimate of drug-likeness (QED) is 0.0253. The Labute approximate surface area is 311 Å². The van der Waals surface area contributed by atoms with E-state index < -0.39 is 20.5 Å². The van der Waals surface area contributed by atoms with E-state index in [-0.39, 0.29) is 18.6 Å². The number of unbranched alkanes of at least 4 members (excludes halogenated alkanes) is 10. The van der Waals surface area contributed by atoms with Crippen LogP contribution in [0, 0.1) is 0 Å². The number of pyridine rings is 1. The molecule has 1 aromatic carbocycles. The van der Waals surface area contributed by atoms with Crippen LogP contribution in [0.2, 0.25) is 5.02 Å². The molecule has 0 aliphatic rings. The van der Waals surface area contributed by atoms with Crippen molar-refractivity contribution >= 4 is 58.8 Å². The number of aromatic nitrogens is 5. The van der Waals surface area contributed by atoms with Crippen molar-refractivity contribution in [2.45, 2.75) is 110 Å². The molecule has 0 fully saturated rings. The molecule has 286 valence electrons. The topological polar surface area (TPSA) is 178 Å². The number of rotatable bonds is 25. The molecule has 4 aromatic rings. The maximum atomic E-state index is 13.7. The average Bonchev–Trinajstić information content (AvgIpc) is 3.52. The summed E-state index contributed by atoms with van der Waals surface area (Å²) in [7, 11) is -3.51. The zero-order valence-corrected chi connectivity index (χ0v) is 32.2. The van der Waals surface area contributed by atoms with Crippen molar-refractivity contribution in [3.05, 3.63) is 48.1 Å². The van der Waals surface area contributed by atoms with Gasteiger partial charge in [0, 0.05) is 35.4 Å². The third-order valence-corrected chi connectivity index (χ3v) is 10.4. The average molecular weight is 761 g/mol. The summed E-state index contributed by atoms with van der Waals surface area (Å²) in [6, 6.07) is 7.83. The van der Waals surface area contributed by atoms with E-state index in [2.05, 4.69) is 30.3 Å². The molecule has 0 saturated carbocycles. The highest BCUT2D eigenvalue weighted by atomic mass is 35.5. The van der Waals surface area contributed by atoms with E-state index in [0.29, 0.717) is 35.1 Å². The van der Waals surface area contributed by atoms with Gasteiger partial charge >= 0.3 is 6.16 Å². The predicted molar refractivity (Wildman–Crippen MR) is 205 cm³/mol. The van der Waals surface area contributed by atoms with Crippen molar-refractivity contribution in [3.8, 4) is 0 Å². The third kappa shape index (κ3) is 14.1. The molecule has 0 bridgehead atoms. The molecule has 14 nitrogen and oxygen atoms in total. The van der Waals surface area contributed by atoms with E-state index in [1.807, 2.05) is 37.4 Å². The first kappa shape index (κ1) is 41.2. The fourth-order valence-electron chi connectivity index (χ4n) is 5.69. The van der Waals surface area contributed by atoms with Crippen molar-refractivity contribution in [2.75, 3.05) is 37.3 Å². The van der Waals surface area contributed by atoms with Crippen LogP contribution >= 0.6 is 19.1 Å². The molecule has 2 atom stereocenters. The van der Waals surface area contributed by atoms with Crippen molar-refractivity contribution in [3.63, 3.8) is 0 Å². The van der Waals surface area contributed by atoms with E-state index in [0.717, 1.165) is 48.8 Å². The van der Waals surface area contributed by atoms with Gasteiger partial charge in [-0.1, -0.05) is 69.4 Å². The maximum absolute atomic E-state index is 13.7. The Kier molecular flexibility index (Phi) is 17.3. The Morgan fingerprint density at radius 2 is 1.62 bits per heavy atom. The molecule has 3 aromatic heterocycles. The number of carbonyl (C=O) groups is 1. The van der Waals surface area contributed by atoms with Crippen molar-refractivity contribution < 1.29 is 28.1 Å². The highest BCUT2D eigenvalue weighted by Crippen LogP contribution is 2.42. The molecular weight excluding hydrogens is 707 g/mol. The number of nitrogen functional groups attached to an aromatic ring is 1. The van der Waals surface area contributed by atoms with Gasteiger partial charge in [-0.25, -0.2) is 24.8 Å². The van der Waals surface area contributed by atoms with Crippen LogP contribution in [-0.2, 0) is 29.8 Å². The smallest absolute Gasteiger partial charge is 0.432 e. The van der Waals surface area contributed by atoms with Gasteiger partial charge in [0.05, 0.1) is 30.6 Å². The van der Waals surface area contributed by atoms with Crippen LogP contribution in [0.15, 0.2) is 43.1 Å². The molecular formula is C36H54ClN8O6P. The summed E-state index contributed by atoms with van der Waals surface area (Å²) in [5, 5.41) is 8.37. The monoisotopic (exact) mass is 760 g/mol. The molecule has 0 radical (unpaired) electrons. The van der Waals surface area contributed by atoms with E-state index in [1.165, 1.54) is 51.3 Å². The number of benzene rings is 1. The molecule has 0 saturated heterocycles. The highest BCUT2D eigenvalue weighted by molar-refractivity contribution is 7.56. The largest absolute Gasteiger partial charge is 0.510 e. The Hall–Kier alpha value is -3.55. The SMILES string of the molecule is CC(C)OC(=O)OCOP(=O)(CO[C@H](C)Cn1cnc2c(N)ncnc21)NCCCCCCCCCCCCCNc1ccnc2cc(Cl)ccc12. The lowest BCUT2D eigenvalue weighted by Crippen LogP contribution is -2.23. The molecule has 3 heterocycles. The summed E-state index contributed by atoms with van der Waals surface area (Å²) in [5.74, 6) is 0.296. The van der Waals surface area contributed by atoms with E-state index in [4.69, 9.17) is 36.1 Å². The van der Waals surface area contributed by atoms with Crippen LogP contribution in [0.4, 0.5) is 16.3 Å². The summed E-state index contributed by atoms with van der Waals surface area (Å²) in [4.78, 5) is 28.7. The first-order valence-corrected chi connectivity index (χ1v) is 20.5. The number of ether oxygens (including phenoxy) is 3. The van der Waals surface area contributed by atoms with E-state index in [9.17, 15) is 9.36 Å². The second-order valence-corrected chi connectivity index (χ2v) is 15.8. The number of hydrogen-bond acceptors (Lipinski definition) is 12. The minimum absolute atomic E-state index is 0.214. The van der Waals surface area contributed by atoms with Gasteiger partial charge in [-0.05, 0) is 57.9 Å². The van der Waals surface area contributed by atoms with Gasteiger partial charge in [0.25, 0.3) is 7.52 Å². The Morgan fingerprint density at radius 3 is 2.33 bits per heavy atom. The van der Waals surface area contributed by atoms with Gasteiger partial charge in [0.2, 0.25) is 6.79 Å². The summed E-state index contributed by atoms with van der Waals surface area (Å²) in [5.41, 5.74) is 9.00. The Morgan fingerprint density at radius 1 is 0.923 bits per heavy atom. The number of anilines is 2. The van der Waals surface area contributed by atoms with Crippen LogP contribution < -0.4 is 16.1 Å². The van der Waals surface area contributed by atoms with Gasteiger partial charge in [-0.3, -0.25) is 14.1 Å². The summed E-state index contributed by atoms with van der Waals surface area (Å²) in [6.07, 6.45) is 15.7. The lowest BCUT2D eigenvalue weighted by Gasteiger charge is -2.22. The van der Waals surface area contributed by atoms with Crippen LogP contribution in [0.5, 0.6) is 0 Å². The maximum Gasteiger partial charge on any atom is 0.510 e. The normalized spacial score (nSPS) is 13.4. The zero-order valence-electron chi connectivity index (χ0n) is 30.6. The lowest BCUT2D eigenvalue weighted by molar-refractivity contribution is -0.0110. The Balaban J connectivity index is 1.06. The predicted octanol–water partition coefficient (Wildman–Crippen LogP) is 8.69. The second-order valence-electron chi connectivity index (χ2n) is 13.2. The molecule has 1 unspecified atom stereocenters. The molecule has 4 rings (SSSR count). The zero-order chi connectivity index (χ0) is 37.2. The number of nitrogens with one attached hydrogen (secondary N) is 2. The Bertz CT molecular complexity index is 1730. The van der Waals surface area contributed by atoms with Gasteiger partial charge in [-0.15, -0.1) is 0 Å². The highest BCUT2D eigenvalue weighted by Gasteiger charge is 2.26. The first-order valence-electron chi connectivity index (χ1n) is 18.3. The molecule has 52 heavy (non-hydrogen) atoms. The van der Waals surface area contributed by atoms with Crippen molar-refractivity contribution in [1.82, 2.24) is 29.6 Å². The van der Waals surface area contributed by atoms with Crippen molar-refractivity contribution in [1.29, 1.82) is 0 Å². The number of carbonyl (C=O) groups excluding carboxylic acids is 1. The fraction of sp³-hybridized carbons (Fsp3) is 0.583. The van der Waals surface area contributed by atoms with Crippen LogP contribution in [0.3, 0.4) is 0 Å². The molecule has 4 N–H and O–H groups in total. The fourth-order valence-corrected chi connectivity index (χ4v) is 7.29. The summed E-state index contributed by atoms with van der Waals surface area (Å²) < 4.78 is 36.9. The number of fused-ring (bicyclic) bond motifs is 2. The molecule has 0 amide bonds. The van der Waals surface area contributed by atoms with Gasteiger partial charge in [0.15, 0.2) is 11.5 Å². The van der Waals surface area contributed by atoms with Crippen LogP contribution in [-0.4, -0.2) is 69.1 Å². The van der Waals surface area contributed by atoms with E-state index in [1.54, 1.807) is 24.7 Å². The molecule has 0 aliphatic heterocycles. The number of hydrogen-bond donors (Lipinski definition) is 3. The molecule has 0 aliphatic carbocycles. The molecule has 16 heteroatoms. The number of nitrogens with zero attached hydrogens (tertiary/aromatic N) is 5. The number of halogens is 1. The summed E-state index contributed by atoms with van der Waals surface area (Å²) in [6.45, 7) is 6.56. The van der Waals surface area contributed by atoms with E-state index >= 15 is 0 Å². The standard InChI is InChI=1S/C36H54ClN8O6P/c1-27(2)51-36(46)48-25-50-52(47,26-49-28(3)22-45-24-43-33-34(38)41-23-42-35(33)45)44-19-14-12-10-8-6-4-5-7-9-11-13-18-39-31-17-20-40-32-21-29(37)15-16-30(31)32/h15-17,20-21,23-24,27-28H,4-14,18-19,22,25-26H2,1-3H3,(H,39,40)(H,44,47)(H2,38,41,42)/t28-,52?/m1/s1. The minimum Gasteiger partial charge on any atom is -0.432 e. The lowest BCUT2D eigenvalue weighted by atomic mass is 10.1. The number of nitrogens with two attached hydrogens (primary N) is 1. The van der Waals surface area contributed by atoms with Gasteiger partial charge < -0.3 is 29.8 Å². The number of imidazole rings is 1. The minimum atomic E-state index is -3.51. The third-order valence-electron chi connectivity index (χ3n) is 8.41. The van der Waals surface area contributed by atoms with Crippen molar-refractivity contribution in [2.24, 2.45) is 0 Å². The van der Waals surface area contributed by atoms with Crippen LogP contribution in [0.25, 0.3) is 22.1 Å². The molecule has 0 spiro atoms. The first-order chi connectivity index (χ1) is 25.1.